The molecule has 9 aromatic carbocycles. The Morgan fingerprint density at radius 2 is 0.808 bits per heavy atom. The Kier molecular flexibility index (Phi) is 7.18. The fraction of sp³-hybridized carbons (Fsp3) is 0. The van der Waals surface area contributed by atoms with Crippen molar-refractivity contribution in [2.75, 3.05) is 4.90 Å². The van der Waals surface area contributed by atoms with Crippen LogP contribution in [0.15, 0.2) is 205 Å². The summed E-state index contributed by atoms with van der Waals surface area (Å²) in [4.78, 5) is 2.36. The topological polar surface area (TPSA) is 16.4 Å². The molecular formula is C50H33NO. The van der Waals surface area contributed by atoms with Gasteiger partial charge in [-0.2, -0.15) is 0 Å². The third-order valence-electron chi connectivity index (χ3n) is 10.3. The number of hydrogen-bond acceptors (Lipinski definition) is 2. The van der Waals surface area contributed by atoms with Crippen LogP contribution in [0.2, 0.25) is 0 Å². The van der Waals surface area contributed by atoms with Crippen molar-refractivity contribution in [2.45, 2.75) is 0 Å². The molecule has 1 aromatic heterocycles. The van der Waals surface area contributed by atoms with Crippen molar-refractivity contribution in [1.29, 1.82) is 0 Å². The minimum Gasteiger partial charge on any atom is -0.453 e. The van der Waals surface area contributed by atoms with E-state index in [-0.39, 0.29) is 0 Å². The summed E-state index contributed by atoms with van der Waals surface area (Å²) in [6.45, 7) is 0. The van der Waals surface area contributed by atoms with Gasteiger partial charge in [0.15, 0.2) is 5.58 Å². The summed E-state index contributed by atoms with van der Waals surface area (Å²) in [6.07, 6.45) is 0. The first-order valence-corrected chi connectivity index (χ1v) is 17.8. The molecular weight excluding hydrogens is 631 g/mol. The largest absolute Gasteiger partial charge is 0.453 e. The number of para-hydroxylation sites is 1. The highest BCUT2D eigenvalue weighted by atomic mass is 16.3. The van der Waals surface area contributed by atoms with Gasteiger partial charge in [-0.05, 0) is 74.3 Å². The Morgan fingerprint density at radius 1 is 0.308 bits per heavy atom. The van der Waals surface area contributed by atoms with E-state index in [4.69, 9.17) is 4.42 Å². The number of benzene rings is 9. The molecule has 0 amide bonds. The van der Waals surface area contributed by atoms with Gasteiger partial charge < -0.3 is 9.32 Å². The lowest BCUT2D eigenvalue weighted by Crippen LogP contribution is -2.10. The lowest BCUT2D eigenvalue weighted by molar-refractivity contribution is 0.670. The summed E-state index contributed by atoms with van der Waals surface area (Å²) >= 11 is 0. The highest BCUT2D eigenvalue weighted by Crippen LogP contribution is 2.47. The van der Waals surface area contributed by atoms with E-state index in [0.717, 1.165) is 50.1 Å². The summed E-state index contributed by atoms with van der Waals surface area (Å²) in [5.41, 5.74) is 11.9. The van der Waals surface area contributed by atoms with E-state index in [2.05, 4.69) is 205 Å². The predicted octanol–water partition coefficient (Wildman–Crippen LogP) is 14.4. The average Bonchev–Trinajstić information content (AvgIpc) is 3.60. The van der Waals surface area contributed by atoms with Gasteiger partial charge in [0.25, 0.3) is 0 Å². The van der Waals surface area contributed by atoms with Crippen LogP contribution in [0.1, 0.15) is 0 Å². The fourth-order valence-corrected chi connectivity index (χ4v) is 7.75. The molecule has 10 aromatic rings. The number of anilines is 3. The molecule has 0 atom stereocenters. The molecule has 244 valence electrons. The quantitative estimate of drug-likeness (QED) is 0.176. The van der Waals surface area contributed by atoms with Crippen LogP contribution in [0, 0.1) is 0 Å². The lowest BCUT2D eigenvalue weighted by Gasteiger charge is -2.27. The van der Waals surface area contributed by atoms with E-state index < -0.39 is 0 Å². The highest BCUT2D eigenvalue weighted by Gasteiger charge is 2.23. The Labute approximate surface area is 302 Å². The molecule has 0 N–H and O–H groups in total. The van der Waals surface area contributed by atoms with Crippen molar-refractivity contribution >= 4 is 60.5 Å². The van der Waals surface area contributed by atoms with Gasteiger partial charge >= 0.3 is 0 Å². The van der Waals surface area contributed by atoms with Crippen LogP contribution in [0.5, 0.6) is 0 Å². The van der Waals surface area contributed by atoms with Crippen LogP contribution in [-0.2, 0) is 0 Å². The summed E-state index contributed by atoms with van der Waals surface area (Å²) in [7, 11) is 0. The zero-order valence-corrected chi connectivity index (χ0v) is 28.4. The highest BCUT2D eigenvalue weighted by molar-refractivity contribution is 6.20. The SMILES string of the molecule is c1ccc(-c2ccc(-c3c4ccccc4cc4c3oc3c(N(c5ccc(-c6ccccc6)cc5)c5cccc6ccccc56)cccc34)cc2)cc1. The number of hydrogen-bond donors (Lipinski definition) is 0. The first-order valence-electron chi connectivity index (χ1n) is 17.8. The van der Waals surface area contributed by atoms with Gasteiger partial charge in [0.2, 0.25) is 0 Å². The number of fused-ring (bicyclic) bond motifs is 5. The van der Waals surface area contributed by atoms with E-state index >= 15 is 0 Å². The van der Waals surface area contributed by atoms with Crippen molar-refractivity contribution in [2.24, 2.45) is 0 Å². The molecule has 10 rings (SSSR count). The predicted molar refractivity (Wildman–Crippen MR) is 220 cm³/mol. The Morgan fingerprint density at radius 3 is 1.52 bits per heavy atom. The molecule has 2 nitrogen and oxygen atoms in total. The molecule has 0 saturated heterocycles. The molecule has 2 heteroatoms. The Balaban J connectivity index is 1.21. The van der Waals surface area contributed by atoms with Gasteiger partial charge in [-0.25, -0.2) is 0 Å². The average molecular weight is 664 g/mol. The molecule has 0 saturated carbocycles. The van der Waals surface area contributed by atoms with Crippen molar-refractivity contribution in [3.05, 3.63) is 200 Å². The first-order chi connectivity index (χ1) is 25.8. The van der Waals surface area contributed by atoms with Crippen LogP contribution in [0.4, 0.5) is 17.1 Å². The Bertz CT molecular complexity index is 2870. The first kappa shape index (κ1) is 30.0. The molecule has 1 heterocycles. The number of furan rings is 1. The van der Waals surface area contributed by atoms with Gasteiger partial charge in [0, 0.05) is 27.4 Å². The minimum atomic E-state index is 0.857. The number of rotatable bonds is 6. The van der Waals surface area contributed by atoms with Gasteiger partial charge in [-0.15, -0.1) is 0 Å². The second-order valence-electron chi connectivity index (χ2n) is 13.3. The van der Waals surface area contributed by atoms with Crippen molar-refractivity contribution in [3.8, 4) is 33.4 Å². The molecule has 0 bridgehead atoms. The maximum absolute atomic E-state index is 7.18. The van der Waals surface area contributed by atoms with Crippen LogP contribution < -0.4 is 4.90 Å². The van der Waals surface area contributed by atoms with E-state index in [0.29, 0.717) is 0 Å². The monoisotopic (exact) mass is 663 g/mol. The normalized spacial score (nSPS) is 11.5. The van der Waals surface area contributed by atoms with Gasteiger partial charge in [-0.3, -0.25) is 0 Å². The van der Waals surface area contributed by atoms with Gasteiger partial charge in [-0.1, -0.05) is 170 Å². The zero-order chi connectivity index (χ0) is 34.4. The molecule has 52 heavy (non-hydrogen) atoms. The lowest BCUT2D eigenvalue weighted by atomic mass is 9.94. The minimum absolute atomic E-state index is 0.857. The number of nitrogens with zero attached hydrogens (tertiary/aromatic N) is 1. The van der Waals surface area contributed by atoms with Crippen LogP contribution in [-0.4, -0.2) is 0 Å². The summed E-state index contributed by atoms with van der Waals surface area (Å²) < 4.78 is 7.18. The molecule has 0 radical (unpaired) electrons. The summed E-state index contributed by atoms with van der Waals surface area (Å²) in [5, 5.41) is 6.92. The van der Waals surface area contributed by atoms with E-state index in [1.807, 2.05) is 0 Å². The molecule has 0 fully saturated rings. The Hall–Kier alpha value is -6.90. The van der Waals surface area contributed by atoms with Crippen molar-refractivity contribution < 1.29 is 4.42 Å². The molecule has 0 aliphatic carbocycles. The van der Waals surface area contributed by atoms with E-state index in [1.165, 1.54) is 43.8 Å². The standard InChI is InChI=1S/C50H33NO/c1-3-13-34(14-4-1)36-25-27-39(28-26-36)48-43-21-10-8-18-40(43)33-45-44-22-12-24-47(49(44)52-50(45)48)51(46-23-11-19-38-17-7-9-20-42(38)46)41-31-29-37(30-32-41)35-15-5-2-6-16-35/h1-33H. The van der Waals surface area contributed by atoms with Gasteiger partial charge in [0.05, 0.1) is 11.4 Å². The third-order valence-corrected chi connectivity index (χ3v) is 10.3. The molecule has 0 unspecified atom stereocenters. The smallest absolute Gasteiger partial charge is 0.159 e. The van der Waals surface area contributed by atoms with E-state index in [9.17, 15) is 0 Å². The van der Waals surface area contributed by atoms with Crippen molar-refractivity contribution in [3.63, 3.8) is 0 Å². The summed E-state index contributed by atoms with van der Waals surface area (Å²) in [6, 6.07) is 71.5. The second kappa shape index (κ2) is 12.5. The molecule has 0 aliphatic rings. The van der Waals surface area contributed by atoms with Crippen LogP contribution in [0.3, 0.4) is 0 Å². The molecule has 0 aliphatic heterocycles. The van der Waals surface area contributed by atoms with Crippen molar-refractivity contribution in [1.82, 2.24) is 0 Å². The fourth-order valence-electron chi connectivity index (χ4n) is 7.75. The van der Waals surface area contributed by atoms with E-state index in [1.54, 1.807) is 0 Å². The zero-order valence-electron chi connectivity index (χ0n) is 28.4. The maximum atomic E-state index is 7.18. The van der Waals surface area contributed by atoms with Gasteiger partial charge in [0.1, 0.15) is 5.58 Å². The molecule has 0 spiro atoms. The van der Waals surface area contributed by atoms with Crippen LogP contribution in [0.25, 0.3) is 76.9 Å². The summed E-state index contributed by atoms with van der Waals surface area (Å²) in [5.74, 6) is 0. The maximum Gasteiger partial charge on any atom is 0.159 e. The van der Waals surface area contributed by atoms with Crippen LogP contribution >= 0.6 is 0 Å². The second-order valence-corrected chi connectivity index (χ2v) is 13.3. The third kappa shape index (κ3) is 5.04.